The molecule has 0 radical (unpaired) electrons. The third-order valence-electron chi connectivity index (χ3n) is 2.90. The second-order valence-electron chi connectivity index (χ2n) is 4.43. The fourth-order valence-corrected chi connectivity index (χ4v) is 2.35. The first-order chi connectivity index (χ1) is 8.15. The first kappa shape index (κ1) is 12.5. The molecule has 1 heterocycles. The fraction of sp³-hybridized carbons (Fsp3) is 0.429. The number of ether oxygens (including phenoxy) is 1. The molecule has 17 heavy (non-hydrogen) atoms. The standard InChI is InChI=1S/C14H18ClNO/c1-4-17-9-11-8-16(10(2)3)14-12(11)6-5-7-13(14)15/h5-8,10H,4,9H2,1-3H3. The zero-order valence-corrected chi connectivity index (χ0v) is 11.3. The van der Waals surface area contributed by atoms with E-state index in [2.05, 4.69) is 30.7 Å². The van der Waals surface area contributed by atoms with Crippen molar-refractivity contribution in [3.05, 3.63) is 35.0 Å². The number of rotatable bonds is 4. The van der Waals surface area contributed by atoms with Gasteiger partial charge in [-0.3, -0.25) is 0 Å². The number of hydrogen-bond acceptors (Lipinski definition) is 1. The largest absolute Gasteiger partial charge is 0.377 e. The second-order valence-corrected chi connectivity index (χ2v) is 4.84. The number of halogens is 1. The first-order valence-corrected chi connectivity index (χ1v) is 6.38. The van der Waals surface area contributed by atoms with Gasteiger partial charge in [0.05, 0.1) is 17.1 Å². The lowest BCUT2D eigenvalue weighted by Crippen LogP contribution is -1.98. The molecule has 0 bridgehead atoms. The minimum atomic E-state index is 0.396. The fourth-order valence-electron chi connectivity index (χ4n) is 2.07. The quantitative estimate of drug-likeness (QED) is 0.785. The molecule has 0 unspecified atom stereocenters. The topological polar surface area (TPSA) is 14.2 Å². The molecule has 1 aromatic carbocycles. The Hall–Kier alpha value is -0.990. The van der Waals surface area contributed by atoms with Crippen molar-refractivity contribution in [2.75, 3.05) is 6.61 Å². The van der Waals surface area contributed by atoms with E-state index in [-0.39, 0.29) is 0 Å². The van der Waals surface area contributed by atoms with Crippen molar-refractivity contribution in [3.63, 3.8) is 0 Å². The number of para-hydroxylation sites is 1. The molecule has 0 aliphatic heterocycles. The maximum Gasteiger partial charge on any atom is 0.0737 e. The van der Waals surface area contributed by atoms with Crippen molar-refractivity contribution >= 4 is 22.5 Å². The minimum Gasteiger partial charge on any atom is -0.377 e. The average Bonchev–Trinajstić information content (AvgIpc) is 2.67. The van der Waals surface area contributed by atoms with E-state index in [1.165, 1.54) is 10.9 Å². The normalized spacial score (nSPS) is 11.6. The van der Waals surface area contributed by atoms with Crippen molar-refractivity contribution in [2.24, 2.45) is 0 Å². The van der Waals surface area contributed by atoms with Crippen LogP contribution >= 0.6 is 11.6 Å². The van der Waals surface area contributed by atoms with Crippen LogP contribution in [-0.2, 0) is 11.3 Å². The zero-order chi connectivity index (χ0) is 12.4. The summed E-state index contributed by atoms with van der Waals surface area (Å²) in [7, 11) is 0. The molecule has 0 saturated heterocycles. The Kier molecular flexibility index (Phi) is 3.75. The Balaban J connectivity index is 2.58. The van der Waals surface area contributed by atoms with E-state index in [9.17, 15) is 0 Å². The van der Waals surface area contributed by atoms with Gasteiger partial charge in [0.1, 0.15) is 0 Å². The predicted octanol–water partition coefficient (Wildman–Crippen LogP) is 4.41. The number of fused-ring (bicyclic) bond motifs is 1. The van der Waals surface area contributed by atoms with E-state index < -0.39 is 0 Å². The van der Waals surface area contributed by atoms with Gasteiger partial charge in [0.15, 0.2) is 0 Å². The van der Waals surface area contributed by atoms with E-state index in [1.807, 2.05) is 19.1 Å². The predicted molar refractivity (Wildman–Crippen MR) is 72.7 cm³/mol. The molecule has 0 spiro atoms. The van der Waals surface area contributed by atoms with Crippen molar-refractivity contribution in [3.8, 4) is 0 Å². The van der Waals surface area contributed by atoms with Crippen LogP contribution in [0.5, 0.6) is 0 Å². The van der Waals surface area contributed by atoms with Crippen LogP contribution in [0, 0.1) is 0 Å². The maximum absolute atomic E-state index is 6.29. The van der Waals surface area contributed by atoms with Gasteiger partial charge in [-0.25, -0.2) is 0 Å². The van der Waals surface area contributed by atoms with E-state index >= 15 is 0 Å². The Labute approximate surface area is 107 Å². The molecule has 0 atom stereocenters. The monoisotopic (exact) mass is 251 g/mol. The molecule has 2 nitrogen and oxygen atoms in total. The number of benzene rings is 1. The summed E-state index contributed by atoms with van der Waals surface area (Å²) >= 11 is 6.29. The van der Waals surface area contributed by atoms with Crippen LogP contribution in [0.4, 0.5) is 0 Å². The smallest absolute Gasteiger partial charge is 0.0737 e. The van der Waals surface area contributed by atoms with Gasteiger partial charge in [-0.1, -0.05) is 23.7 Å². The Morgan fingerprint density at radius 2 is 2.12 bits per heavy atom. The van der Waals surface area contributed by atoms with Crippen molar-refractivity contribution in [2.45, 2.75) is 33.4 Å². The summed E-state index contributed by atoms with van der Waals surface area (Å²) in [5.74, 6) is 0. The zero-order valence-electron chi connectivity index (χ0n) is 10.5. The highest BCUT2D eigenvalue weighted by atomic mass is 35.5. The number of aromatic nitrogens is 1. The van der Waals surface area contributed by atoms with E-state index in [0.717, 1.165) is 17.1 Å². The van der Waals surface area contributed by atoms with Gasteiger partial charge in [-0.15, -0.1) is 0 Å². The first-order valence-electron chi connectivity index (χ1n) is 6.00. The van der Waals surface area contributed by atoms with Crippen LogP contribution in [0.2, 0.25) is 5.02 Å². The van der Waals surface area contributed by atoms with E-state index in [1.54, 1.807) is 0 Å². The molecular weight excluding hydrogens is 234 g/mol. The van der Waals surface area contributed by atoms with Crippen LogP contribution in [0.1, 0.15) is 32.4 Å². The van der Waals surface area contributed by atoms with Gasteiger partial charge in [0.25, 0.3) is 0 Å². The van der Waals surface area contributed by atoms with Crippen LogP contribution in [0.25, 0.3) is 10.9 Å². The molecule has 3 heteroatoms. The molecule has 92 valence electrons. The molecule has 0 fully saturated rings. The molecule has 0 aliphatic rings. The van der Waals surface area contributed by atoms with Gasteiger partial charge in [-0.2, -0.15) is 0 Å². The molecule has 0 aliphatic carbocycles. The lowest BCUT2D eigenvalue weighted by molar-refractivity contribution is 0.135. The van der Waals surface area contributed by atoms with Gasteiger partial charge >= 0.3 is 0 Å². The van der Waals surface area contributed by atoms with E-state index in [4.69, 9.17) is 16.3 Å². The summed E-state index contributed by atoms with van der Waals surface area (Å²) in [6.07, 6.45) is 2.15. The summed E-state index contributed by atoms with van der Waals surface area (Å²) < 4.78 is 7.72. The lowest BCUT2D eigenvalue weighted by atomic mass is 10.2. The SMILES string of the molecule is CCOCc1cn(C(C)C)c2c(Cl)cccc12. The summed E-state index contributed by atoms with van der Waals surface area (Å²) in [4.78, 5) is 0. The summed E-state index contributed by atoms with van der Waals surface area (Å²) in [6, 6.07) is 6.43. The average molecular weight is 252 g/mol. The van der Waals surface area contributed by atoms with Gasteiger partial charge < -0.3 is 9.30 Å². The van der Waals surface area contributed by atoms with Crippen LogP contribution in [0.3, 0.4) is 0 Å². The third kappa shape index (κ3) is 2.33. The summed E-state index contributed by atoms with van der Waals surface area (Å²) in [5, 5.41) is 2.00. The second kappa shape index (κ2) is 5.11. The molecule has 2 aromatic rings. The van der Waals surface area contributed by atoms with Crippen LogP contribution < -0.4 is 0 Å². The van der Waals surface area contributed by atoms with Crippen molar-refractivity contribution in [1.82, 2.24) is 4.57 Å². The highest BCUT2D eigenvalue weighted by molar-refractivity contribution is 6.35. The summed E-state index contributed by atoms with van der Waals surface area (Å²) in [5.41, 5.74) is 2.32. The molecule has 1 aromatic heterocycles. The Morgan fingerprint density at radius 1 is 1.35 bits per heavy atom. The molecule has 0 saturated carbocycles. The van der Waals surface area contributed by atoms with Gasteiger partial charge in [-0.05, 0) is 26.8 Å². The number of nitrogens with zero attached hydrogens (tertiary/aromatic N) is 1. The Morgan fingerprint density at radius 3 is 2.76 bits per heavy atom. The minimum absolute atomic E-state index is 0.396. The van der Waals surface area contributed by atoms with Crippen molar-refractivity contribution < 1.29 is 4.74 Å². The Bertz CT molecular complexity index is 516. The molecule has 0 N–H and O–H groups in total. The lowest BCUT2D eigenvalue weighted by Gasteiger charge is -2.09. The maximum atomic E-state index is 6.29. The van der Waals surface area contributed by atoms with Crippen LogP contribution in [0.15, 0.2) is 24.4 Å². The highest BCUT2D eigenvalue weighted by Crippen LogP contribution is 2.30. The van der Waals surface area contributed by atoms with Crippen molar-refractivity contribution in [1.29, 1.82) is 0 Å². The van der Waals surface area contributed by atoms with Crippen LogP contribution in [-0.4, -0.2) is 11.2 Å². The highest BCUT2D eigenvalue weighted by Gasteiger charge is 2.12. The third-order valence-corrected chi connectivity index (χ3v) is 3.21. The van der Waals surface area contributed by atoms with Gasteiger partial charge in [0, 0.05) is 29.8 Å². The molecular formula is C14H18ClNO. The van der Waals surface area contributed by atoms with Gasteiger partial charge in [0.2, 0.25) is 0 Å². The number of hydrogen-bond donors (Lipinski definition) is 0. The molecule has 2 rings (SSSR count). The summed E-state index contributed by atoms with van der Waals surface area (Å²) in [6.45, 7) is 7.71. The van der Waals surface area contributed by atoms with E-state index in [0.29, 0.717) is 12.6 Å². The molecule has 0 amide bonds.